The van der Waals surface area contributed by atoms with Crippen LogP contribution in [-0.2, 0) is 18.3 Å². The smallest absolute Gasteiger partial charge is 0.0158 e. The minimum Gasteiger partial charge on any atom is -0.0622 e. The van der Waals surface area contributed by atoms with Gasteiger partial charge in [-0.1, -0.05) is 147 Å². The molecule has 0 fully saturated rings. The minimum atomic E-state index is -0.0191. The van der Waals surface area contributed by atoms with Gasteiger partial charge in [-0.05, 0) is 124 Å². The highest BCUT2D eigenvalue weighted by molar-refractivity contribution is 6.24. The molecule has 222 valence electrons. The highest BCUT2D eigenvalue weighted by atomic mass is 14.4. The summed E-state index contributed by atoms with van der Waals surface area (Å²) < 4.78 is 0. The fourth-order valence-corrected chi connectivity index (χ4v) is 8.93. The molecule has 10 rings (SSSR count). The summed E-state index contributed by atoms with van der Waals surface area (Å²) in [6.07, 6.45) is 2.27. The third-order valence-electron chi connectivity index (χ3n) is 11.1. The Kier molecular flexibility index (Phi) is 5.56. The van der Waals surface area contributed by atoms with Crippen LogP contribution in [0.2, 0.25) is 0 Å². The van der Waals surface area contributed by atoms with Crippen molar-refractivity contribution in [2.45, 2.75) is 32.1 Å². The van der Waals surface area contributed by atoms with E-state index in [1.54, 1.807) is 0 Å². The molecule has 0 saturated carbocycles. The van der Waals surface area contributed by atoms with E-state index >= 15 is 0 Å². The first-order chi connectivity index (χ1) is 23.1. The van der Waals surface area contributed by atoms with Crippen LogP contribution < -0.4 is 0 Å². The summed E-state index contributed by atoms with van der Waals surface area (Å²) in [7, 11) is 0. The molecule has 0 nitrogen and oxygen atoms in total. The highest BCUT2D eigenvalue weighted by Crippen LogP contribution is 2.52. The minimum absolute atomic E-state index is 0.0191. The number of hydrogen-bond donors (Lipinski definition) is 0. The van der Waals surface area contributed by atoms with Crippen LogP contribution in [0.3, 0.4) is 0 Å². The molecule has 0 amide bonds. The lowest BCUT2D eigenvalue weighted by molar-refractivity contribution is 0.660. The van der Waals surface area contributed by atoms with Gasteiger partial charge in [0.25, 0.3) is 0 Å². The van der Waals surface area contributed by atoms with Gasteiger partial charge in [-0.2, -0.15) is 0 Å². The molecule has 0 saturated heterocycles. The third kappa shape index (κ3) is 3.76. The number of rotatable bonds is 3. The molecule has 8 aromatic rings. The molecule has 0 heteroatoms. The molecule has 0 spiro atoms. The van der Waals surface area contributed by atoms with Crippen molar-refractivity contribution in [1.29, 1.82) is 0 Å². The predicted octanol–water partition coefficient (Wildman–Crippen LogP) is 12.6. The Morgan fingerprint density at radius 2 is 1.04 bits per heavy atom. The average molecular weight is 599 g/mol. The van der Waals surface area contributed by atoms with Crippen molar-refractivity contribution in [3.8, 4) is 44.5 Å². The zero-order valence-corrected chi connectivity index (χ0v) is 26.8. The zero-order valence-electron chi connectivity index (χ0n) is 26.8. The van der Waals surface area contributed by atoms with Crippen molar-refractivity contribution < 1.29 is 0 Å². The predicted molar refractivity (Wildman–Crippen MR) is 200 cm³/mol. The largest absolute Gasteiger partial charge is 0.0622 e. The summed E-state index contributed by atoms with van der Waals surface area (Å²) in [6.45, 7) is 4.72. The highest BCUT2D eigenvalue weighted by Gasteiger charge is 2.35. The molecule has 0 atom stereocenters. The summed E-state index contributed by atoms with van der Waals surface area (Å²) >= 11 is 0. The van der Waals surface area contributed by atoms with Crippen molar-refractivity contribution in [2.75, 3.05) is 0 Å². The maximum atomic E-state index is 2.47. The van der Waals surface area contributed by atoms with Crippen LogP contribution in [0.5, 0.6) is 0 Å². The van der Waals surface area contributed by atoms with E-state index in [-0.39, 0.29) is 5.41 Å². The molecule has 2 aliphatic carbocycles. The van der Waals surface area contributed by atoms with Crippen LogP contribution in [0.15, 0.2) is 146 Å². The first kappa shape index (κ1) is 26.7. The van der Waals surface area contributed by atoms with Gasteiger partial charge < -0.3 is 0 Å². The number of benzene rings is 8. The molecule has 47 heavy (non-hydrogen) atoms. The number of fused-ring (bicyclic) bond motifs is 5. The summed E-state index contributed by atoms with van der Waals surface area (Å²) in [5, 5.41) is 8.05. The van der Waals surface area contributed by atoms with Crippen molar-refractivity contribution in [1.82, 2.24) is 0 Å². The molecule has 0 bridgehead atoms. The second kappa shape index (κ2) is 9.77. The fraction of sp³-hybridized carbons (Fsp3) is 0.106. The molecule has 0 aliphatic heterocycles. The van der Waals surface area contributed by atoms with Crippen LogP contribution >= 0.6 is 0 Å². The van der Waals surface area contributed by atoms with Crippen molar-refractivity contribution >= 4 is 32.3 Å². The Labute approximate surface area is 276 Å². The third-order valence-corrected chi connectivity index (χ3v) is 11.1. The normalized spacial score (nSPS) is 14.2. The van der Waals surface area contributed by atoms with E-state index in [1.165, 1.54) is 99.1 Å². The Bertz CT molecular complexity index is 2570. The van der Waals surface area contributed by atoms with Crippen molar-refractivity contribution in [2.24, 2.45) is 0 Å². The van der Waals surface area contributed by atoms with Crippen LogP contribution in [-0.4, -0.2) is 0 Å². The molecule has 0 aromatic heterocycles. The second-order valence-corrected chi connectivity index (χ2v) is 14.0. The van der Waals surface area contributed by atoms with Gasteiger partial charge in [0.15, 0.2) is 0 Å². The fourth-order valence-electron chi connectivity index (χ4n) is 8.93. The lowest BCUT2D eigenvalue weighted by Gasteiger charge is -2.22. The SMILES string of the molecule is CC1(C)c2ccccc2-c2cc(-c3c4ccccc4c(-c4ccc5c6c(cccc46)CC5)c4ccc(-c5ccccc5)cc34)ccc21. The molecule has 0 heterocycles. The van der Waals surface area contributed by atoms with Crippen LogP contribution in [0.1, 0.15) is 36.1 Å². The molecular formula is C47H34. The van der Waals surface area contributed by atoms with Crippen LogP contribution in [0.25, 0.3) is 76.8 Å². The van der Waals surface area contributed by atoms with Crippen LogP contribution in [0, 0.1) is 0 Å². The Morgan fingerprint density at radius 3 is 1.89 bits per heavy atom. The van der Waals surface area contributed by atoms with E-state index in [0.717, 1.165) is 12.8 Å². The summed E-state index contributed by atoms with van der Waals surface area (Å²) in [5.41, 5.74) is 16.2. The van der Waals surface area contributed by atoms with E-state index in [0.29, 0.717) is 0 Å². The second-order valence-electron chi connectivity index (χ2n) is 14.0. The monoisotopic (exact) mass is 598 g/mol. The van der Waals surface area contributed by atoms with E-state index in [9.17, 15) is 0 Å². The Morgan fingerprint density at radius 1 is 0.383 bits per heavy atom. The van der Waals surface area contributed by atoms with Gasteiger partial charge in [0.2, 0.25) is 0 Å². The topological polar surface area (TPSA) is 0 Å². The van der Waals surface area contributed by atoms with Gasteiger partial charge in [0.05, 0.1) is 0 Å². The molecule has 0 radical (unpaired) electrons. The standard InChI is InChI=1S/C47H34/c1-47(2)42-18-9-8-14-34(42)40-28-33(23-26-43(40)47)45-36-15-6-7-16-37(36)46(38-24-21-31-20-19-30-13-10-17-35(38)44(30)31)39-25-22-32(27-41(39)45)29-11-4-3-5-12-29/h3-18,21-28H,19-20H2,1-2H3. The Hall–Kier alpha value is -5.46. The lowest BCUT2D eigenvalue weighted by Crippen LogP contribution is -2.14. The van der Waals surface area contributed by atoms with E-state index in [2.05, 4.69) is 159 Å². The van der Waals surface area contributed by atoms with Gasteiger partial charge in [-0.25, -0.2) is 0 Å². The van der Waals surface area contributed by atoms with E-state index < -0.39 is 0 Å². The molecule has 0 unspecified atom stereocenters. The first-order valence-electron chi connectivity index (χ1n) is 16.9. The van der Waals surface area contributed by atoms with E-state index in [4.69, 9.17) is 0 Å². The maximum absolute atomic E-state index is 2.47. The molecule has 8 aromatic carbocycles. The van der Waals surface area contributed by atoms with E-state index in [1.807, 2.05) is 0 Å². The summed E-state index contributed by atoms with van der Waals surface area (Å²) in [4.78, 5) is 0. The van der Waals surface area contributed by atoms with Crippen LogP contribution in [0.4, 0.5) is 0 Å². The first-order valence-corrected chi connectivity index (χ1v) is 16.9. The quantitative estimate of drug-likeness (QED) is 0.178. The van der Waals surface area contributed by atoms with Gasteiger partial charge in [-0.3, -0.25) is 0 Å². The molecule has 2 aliphatic rings. The maximum Gasteiger partial charge on any atom is 0.0158 e. The molecular weight excluding hydrogens is 565 g/mol. The lowest BCUT2D eigenvalue weighted by atomic mass is 9.81. The number of aryl methyl sites for hydroxylation is 2. The van der Waals surface area contributed by atoms with Gasteiger partial charge in [0, 0.05) is 5.41 Å². The van der Waals surface area contributed by atoms with Crippen molar-refractivity contribution in [3.05, 3.63) is 168 Å². The summed E-state index contributed by atoms with van der Waals surface area (Å²) in [6, 6.07) is 55.0. The number of hydrogen-bond acceptors (Lipinski definition) is 0. The Balaban J connectivity index is 1.33. The van der Waals surface area contributed by atoms with Crippen molar-refractivity contribution in [3.63, 3.8) is 0 Å². The van der Waals surface area contributed by atoms with Gasteiger partial charge in [0.1, 0.15) is 0 Å². The summed E-state index contributed by atoms with van der Waals surface area (Å²) in [5.74, 6) is 0. The molecule has 0 N–H and O–H groups in total. The van der Waals surface area contributed by atoms with Gasteiger partial charge in [-0.15, -0.1) is 0 Å². The average Bonchev–Trinajstić information content (AvgIpc) is 3.64. The zero-order chi connectivity index (χ0) is 31.3. The van der Waals surface area contributed by atoms with Gasteiger partial charge >= 0.3 is 0 Å².